The van der Waals surface area contributed by atoms with E-state index in [9.17, 15) is 14.4 Å². The molecule has 0 spiro atoms. The van der Waals surface area contributed by atoms with Gasteiger partial charge in [0.1, 0.15) is 6.54 Å². The van der Waals surface area contributed by atoms with Crippen molar-refractivity contribution in [1.29, 1.82) is 0 Å². The number of carbonyl (C=O) groups is 1. The van der Waals surface area contributed by atoms with Crippen LogP contribution in [0.25, 0.3) is 11.2 Å². The highest BCUT2D eigenvalue weighted by Gasteiger charge is 2.30. The highest BCUT2D eigenvalue weighted by Crippen LogP contribution is 2.36. The van der Waals surface area contributed by atoms with E-state index in [1.165, 1.54) is 11.6 Å². The van der Waals surface area contributed by atoms with Crippen LogP contribution in [0.15, 0.2) is 27.8 Å². The van der Waals surface area contributed by atoms with E-state index < -0.39 is 23.7 Å². The molecule has 4 rings (SSSR count). The summed E-state index contributed by atoms with van der Waals surface area (Å²) in [6.45, 7) is 4.78. The zero-order valence-electron chi connectivity index (χ0n) is 16.3. The lowest BCUT2D eigenvalue weighted by Gasteiger charge is -2.34. The second-order valence-corrected chi connectivity index (χ2v) is 7.90. The number of carbonyl (C=O) groups excluding carboxylic acids is 1. The van der Waals surface area contributed by atoms with Crippen LogP contribution in [-0.2, 0) is 24.9 Å². The summed E-state index contributed by atoms with van der Waals surface area (Å²) in [5.74, 6) is 0.0124. The second-order valence-electron chi connectivity index (χ2n) is 7.49. The van der Waals surface area contributed by atoms with Gasteiger partial charge in [0.25, 0.3) is 5.56 Å². The fourth-order valence-electron chi connectivity index (χ4n) is 3.89. The molecule has 0 saturated heterocycles. The topological polar surface area (TPSA) is 108 Å². The van der Waals surface area contributed by atoms with Crippen LogP contribution >= 0.6 is 11.6 Å². The summed E-state index contributed by atoms with van der Waals surface area (Å²) in [5.41, 5.74) is 6.38. The Hall–Kier alpha value is -3.07. The summed E-state index contributed by atoms with van der Waals surface area (Å²) >= 11 is 6.32. The molecule has 1 aliphatic rings. The Bertz CT molecular complexity index is 1270. The fourth-order valence-corrected chi connectivity index (χ4v) is 4.06. The van der Waals surface area contributed by atoms with Gasteiger partial charge in [0.05, 0.1) is 0 Å². The summed E-state index contributed by atoms with van der Waals surface area (Å²) in [7, 11) is 1.53. The number of nitrogens with two attached hydrogens (primary N) is 1. The van der Waals surface area contributed by atoms with Gasteiger partial charge in [0.15, 0.2) is 11.2 Å². The molecule has 3 aromatic rings. The lowest BCUT2D eigenvalue weighted by molar-refractivity contribution is -0.118. The highest BCUT2D eigenvalue weighted by atomic mass is 35.5. The van der Waals surface area contributed by atoms with Crippen molar-refractivity contribution >= 4 is 40.3 Å². The maximum Gasteiger partial charge on any atom is 0.332 e. The van der Waals surface area contributed by atoms with E-state index in [1.54, 1.807) is 0 Å². The molecule has 0 bridgehead atoms. The minimum atomic E-state index is -0.758. The number of aryl methyl sites for hydroxylation is 1. The number of halogens is 1. The average Bonchev–Trinajstić information content (AvgIpc) is 3.04. The first-order valence-corrected chi connectivity index (χ1v) is 9.59. The van der Waals surface area contributed by atoms with Crippen LogP contribution in [0.5, 0.6) is 0 Å². The van der Waals surface area contributed by atoms with E-state index in [0.717, 1.165) is 15.8 Å². The van der Waals surface area contributed by atoms with E-state index in [1.807, 2.05) is 34.6 Å². The zero-order valence-corrected chi connectivity index (χ0v) is 17.1. The van der Waals surface area contributed by atoms with Gasteiger partial charge in [0, 0.05) is 30.8 Å². The number of fused-ring (bicyclic) bond motifs is 3. The van der Waals surface area contributed by atoms with Crippen LogP contribution < -0.4 is 21.9 Å². The Labute approximate surface area is 170 Å². The Morgan fingerprint density at radius 1 is 1.31 bits per heavy atom. The van der Waals surface area contributed by atoms with E-state index in [4.69, 9.17) is 17.3 Å². The Balaban J connectivity index is 2.04. The van der Waals surface area contributed by atoms with Gasteiger partial charge in [-0.3, -0.25) is 14.2 Å². The molecule has 29 heavy (non-hydrogen) atoms. The molecule has 0 fully saturated rings. The molecule has 10 heteroatoms. The lowest BCUT2D eigenvalue weighted by Crippen LogP contribution is -2.43. The predicted octanol–water partition coefficient (Wildman–Crippen LogP) is 1.13. The van der Waals surface area contributed by atoms with E-state index in [0.29, 0.717) is 24.1 Å². The molecule has 9 nitrogen and oxygen atoms in total. The van der Waals surface area contributed by atoms with Crippen molar-refractivity contribution < 1.29 is 4.79 Å². The molecule has 1 aliphatic heterocycles. The molecule has 1 aromatic carbocycles. The monoisotopic (exact) mass is 416 g/mol. The largest absolute Gasteiger partial charge is 0.368 e. The predicted molar refractivity (Wildman–Crippen MR) is 111 cm³/mol. The number of nitrogens with zero attached hydrogens (tertiary/aromatic N) is 5. The van der Waals surface area contributed by atoms with Crippen LogP contribution in [0, 0.1) is 12.8 Å². The molecule has 0 radical (unpaired) electrons. The van der Waals surface area contributed by atoms with Crippen molar-refractivity contribution in [1.82, 2.24) is 18.7 Å². The summed E-state index contributed by atoms with van der Waals surface area (Å²) in [6, 6.07) is 5.64. The first-order chi connectivity index (χ1) is 13.7. The minimum absolute atomic E-state index is 0.208. The van der Waals surface area contributed by atoms with E-state index in [2.05, 4.69) is 11.9 Å². The molecular formula is C19H21ClN6O3. The van der Waals surface area contributed by atoms with Crippen molar-refractivity contribution in [3.8, 4) is 0 Å². The van der Waals surface area contributed by atoms with Crippen LogP contribution in [0.2, 0.25) is 5.02 Å². The fraction of sp³-hybridized carbons (Fsp3) is 0.368. The van der Waals surface area contributed by atoms with Gasteiger partial charge >= 0.3 is 5.69 Å². The molecule has 152 valence electrons. The van der Waals surface area contributed by atoms with Gasteiger partial charge in [-0.1, -0.05) is 24.6 Å². The van der Waals surface area contributed by atoms with E-state index in [-0.39, 0.29) is 17.1 Å². The van der Waals surface area contributed by atoms with Crippen molar-refractivity contribution in [3.63, 3.8) is 0 Å². The number of hydrogen-bond donors (Lipinski definition) is 1. The van der Waals surface area contributed by atoms with Crippen molar-refractivity contribution in [3.05, 3.63) is 49.6 Å². The maximum atomic E-state index is 13.1. The molecule has 2 aromatic heterocycles. The van der Waals surface area contributed by atoms with Crippen molar-refractivity contribution in [2.24, 2.45) is 18.7 Å². The summed E-state index contributed by atoms with van der Waals surface area (Å²) in [6.07, 6.45) is 0. The van der Waals surface area contributed by atoms with Crippen LogP contribution in [0.3, 0.4) is 0 Å². The normalized spacial score (nSPS) is 16.3. The molecular weight excluding hydrogens is 396 g/mol. The first-order valence-electron chi connectivity index (χ1n) is 9.21. The number of anilines is 2. The number of primary amides is 1. The van der Waals surface area contributed by atoms with Crippen molar-refractivity contribution in [2.75, 3.05) is 11.4 Å². The second kappa shape index (κ2) is 6.77. The number of rotatable bonds is 3. The average molecular weight is 417 g/mol. The Kier molecular flexibility index (Phi) is 4.49. The van der Waals surface area contributed by atoms with Gasteiger partial charge in [-0.25, -0.2) is 9.36 Å². The number of amides is 1. The number of benzene rings is 1. The third kappa shape index (κ3) is 2.93. The van der Waals surface area contributed by atoms with Crippen molar-refractivity contribution in [2.45, 2.75) is 26.9 Å². The van der Waals surface area contributed by atoms with Gasteiger partial charge in [-0.15, -0.1) is 0 Å². The van der Waals surface area contributed by atoms with Gasteiger partial charge in [0.2, 0.25) is 11.9 Å². The zero-order chi connectivity index (χ0) is 21.0. The third-order valence-electron chi connectivity index (χ3n) is 5.29. The molecule has 0 saturated carbocycles. The Morgan fingerprint density at radius 3 is 2.72 bits per heavy atom. The molecule has 1 unspecified atom stereocenters. The van der Waals surface area contributed by atoms with Crippen LogP contribution in [-0.4, -0.2) is 31.1 Å². The standard InChI is InChI=1S/C19H21ClN6O3/c1-10-7-24(13-6-4-5-12(20)11(13)2)18-22-16-15(25(18)8-10)17(28)26(9-14(21)27)19(29)23(16)3/h4-6,10H,7-9H2,1-3H3,(H2,21,27). The SMILES string of the molecule is Cc1c(Cl)cccc1N1CC(C)Cn2c1nc1c2c(=O)n(CC(N)=O)c(=O)n1C. The molecule has 3 heterocycles. The maximum absolute atomic E-state index is 13.1. The van der Waals surface area contributed by atoms with Gasteiger partial charge in [-0.05, 0) is 30.5 Å². The smallest absolute Gasteiger partial charge is 0.332 e. The molecule has 2 N–H and O–H groups in total. The Morgan fingerprint density at radius 2 is 2.03 bits per heavy atom. The molecule has 1 amide bonds. The van der Waals surface area contributed by atoms with Gasteiger partial charge in [-0.2, -0.15) is 4.98 Å². The third-order valence-corrected chi connectivity index (χ3v) is 5.70. The number of hydrogen-bond acceptors (Lipinski definition) is 5. The molecule has 0 aliphatic carbocycles. The van der Waals surface area contributed by atoms with Crippen LogP contribution in [0.1, 0.15) is 12.5 Å². The van der Waals surface area contributed by atoms with Crippen LogP contribution in [0.4, 0.5) is 11.6 Å². The number of aromatic nitrogens is 4. The quantitative estimate of drug-likeness (QED) is 0.688. The summed E-state index contributed by atoms with van der Waals surface area (Å²) in [5, 5.41) is 0.639. The molecule has 1 atom stereocenters. The number of imidazole rings is 1. The first kappa shape index (κ1) is 19.3. The summed E-state index contributed by atoms with van der Waals surface area (Å²) in [4.78, 5) is 43.7. The van der Waals surface area contributed by atoms with Gasteiger partial charge < -0.3 is 15.2 Å². The minimum Gasteiger partial charge on any atom is -0.368 e. The lowest BCUT2D eigenvalue weighted by atomic mass is 10.1. The van der Waals surface area contributed by atoms with E-state index >= 15 is 0 Å². The summed E-state index contributed by atoms with van der Waals surface area (Å²) < 4.78 is 3.94. The highest BCUT2D eigenvalue weighted by molar-refractivity contribution is 6.31.